The summed E-state index contributed by atoms with van der Waals surface area (Å²) in [5.41, 5.74) is 6.89. The third-order valence-corrected chi connectivity index (χ3v) is 3.44. The Morgan fingerprint density at radius 3 is 2.67 bits per heavy atom. The van der Waals surface area contributed by atoms with Gasteiger partial charge in [-0.1, -0.05) is 0 Å². The van der Waals surface area contributed by atoms with E-state index in [9.17, 15) is 4.79 Å². The number of nitrogens with two attached hydrogens (primary N) is 1. The molecule has 0 spiro atoms. The van der Waals surface area contributed by atoms with Crippen molar-refractivity contribution in [3.8, 4) is 11.5 Å². The van der Waals surface area contributed by atoms with E-state index in [0.717, 1.165) is 16.5 Å². The van der Waals surface area contributed by atoms with E-state index in [4.69, 9.17) is 15.2 Å². The topological polar surface area (TPSA) is 70.8 Å². The monoisotopic (exact) mass is 359 g/mol. The molecule has 0 heterocycles. The van der Waals surface area contributed by atoms with Gasteiger partial charge in [0.1, 0.15) is 0 Å². The van der Waals surface area contributed by atoms with Crippen molar-refractivity contribution in [2.75, 3.05) is 20.8 Å². The highest BCUT2D eigenvalue weighted by Crippen LogP contribution is 2.37. The van der Waals surface area contributed by atoms with E-state index in [1.807, 2.05) is 19.1 Å². The number of carbonyl (C=O) groups excluding carboxylic acids is 1. The van der Waals surface area contributed by atoms with E-state index in [-0.39, 0.29) is 12.0 Å². The van der Waals surface area contributed by atoms with Crippen LogP contribution >= 0.6 is 15.9 Å². The van der Waals surface area contributed by atoms with Crippen LogP contribution in [-0.4, -0.2) is 32.8 Å². The normalized spacial score (nSPS) is 11.9. The summed E-state index contributed by atoms with van der Waals surface area (Å²) in [6.45, 7) is 2.37. The highest BCUT2D eigenvalue weighted by atomic mass is 79.9. The molecule has 1 unspecified atom stereocenters. The van der Waals surface area contributed by atoms with Crippen molar-refractivity contribution in [1.29, 1.82) is 0 Å². The van der Waals surface area contributed by atoms with Crippen LogP contribution in [0.2, 0.25) is 0 Å². The zero-order valence-corrected chi connectivity index (χ0v) is 14.2. The minimum absolute atomic E-state index is 0.0773. The molecule has 0 aliphatic carbocycles. The maximum absolute atomic E-state index is 11.0. The van der Waals surface area contributed by atoms with Crippen molar-refractivity contribution >= 4 is 21.9 Å². The maximum Gasteiger partial charge on any atom is 0.305 e. The first-order valence-electron chi connectivity index (χ1n) is 6.79. The molecule has 0 bridgehead atoms. The fourth-order valence-corrected chi connectivity index (χ4v) is 2.50. The molecule has 0 saturated heterocycles. The largest absolute Gasteiger partial charge is 0.493 e. The van der Waals surface area contributed by atoms with Gasteiger partial charge in [-0.05, 0) is 53.4 Å². The Morgan fingerprint density at radius 1 is 1.38 bits per heavy atom. The van der Waals surface area contributed by atoms with Gasteiger partial charge >= 0.3 is 5.97 Å². The van der Waals surface area contributed by atoms with Gasteiger partial charge in [0.15, 0.2) is 11.5 Å². The number of benzene rings is 1. The molecule has 1 aromatic carbocycles. The Morgan fingerprint density at radius 2 is 2.10 bits per heavy atom. The molecule has 1 aromatic rings. The molecule has 1 rings (SSSR count). The molecular weight excluding hydrogens is 338 g/mol. The van der Waals surface area contributed by atoms with Crippen LogP contribution < -0.4 is 15.2 Å². The van der Waals surface area contributed by atoms with Crippen LogP contribution in [0.25, 0.3) is 0 Å². The lowest BCUT2D eigenvalue weighted by Crippen LogP contribution is -2.17. The van der Waals surface area contributed by atoms with Crippen LogP contribution in [0.3, 0.4) is 0 Å². The number of hydrogen-bond acceptors (Lipinski definition) is 5. The molecule has 0 radical (unpaired) electrons. The third kappa shape index (κ3) is 5.93. The van der Waals surface area contributed by atoms with E-state index >= 15 is 0 Å². The summed E-state index contributed by atoms with van der Waals surface area (Å²) >= 11 is 3.49. The van der Waals surface area contributed by atoms with Gasteiger partial charge in [-0.2, -0.15) is 0 Å². The van der Waals surface area contributed by atoms with Crippen molar-refractivity contribution in [2.45, 2.75) is 32.2 Å². The zero-order chi connectivity index (χ0) is 15.8. The van der Waals surface area contributed by atoms with Crippen molar-refractivity contribution in [3.63, 3.8) is 0 Å². The van der Waals surface area contributed by atoms with E-state index in [1.165, 1.54) is 7.11 Å². The smallest absolute Gasteiger partial charge is 0.305 e. The molecule has 21 heavy (non-hydrogen) atoms. The van der Waals surface area contributed by atoms with Crippen LogP contribution in [0.15, 0.2) is 16.6 Å². The van der Waals surface area contributed by atoms with Crippen LogP contribution in [0, 0.1) is 0 Å². The lowest BCUT2D eigenvalue weighted by atomic mass is 10.1. The highest BCUT2D eigenvalue weighted by molar-refractivity contribution is 9.10. The number of halogens is 1. The Bertz CT molecular complexity index is 477. The Labute approximate surface area is 133 Å². The average molecular weight is 360 g/mol. The predicted octanol–water partition coefficient (Wildman–Crippen LogP) is 2.68. The van der Waals surface area contributed by atoms with Gasteiger partial charge < -0.3 is 19.9 Å². The number of carbonyl (C=O) groups is 1. The molecule has 0 saturated carbocycles. The molecule has 118 valence electrons. The minimum atomic E-state index is -0.239. The standard InChI is InChI=1S/C15H22BrNO4/c1-10(17)7-11-8-12(16)15(13(9-11)19-2)21-6-4-5-14(18)20-3/h8-10H,4-7,17H2,1-3H3. The van der Waals surface area contributed by atoms with Crippen LogP contribution in [0.5, 0.6) is 11.5 Å². The minimum Gasteiger partial charge on any atom is -0.493 e. The molecule has 6 heteroatoms. The second kappa shape index (κ2) is 8.89. The molecule has 1 atom stereocenters. The van der Waals surface area contributed by atoms with Crippen LogP contribution in [-0.2, 0) is 16.0 Å². The molecule has 5 nitrogen and oxygen atoms in total. The van der Waals surface area contributed by atoms with Crippen molar-refractivity contribution < 1.29 is 19.0 Å². The first kappa shape index (κ1) is 17.8. The summed E-state index contributed by atoms with van der Waals surface area (Å²) < 4.78 is 16.5. The molecule has 0 aromatic heterocycles. The number of methoxy groups -OCH3 is 2. The number of ether oxygens (including phenoxy) is 3. The van der Waals surface area contributed by atoms with Gasteiger partial charge in [-0.25, -0.2) is 0 Å². The fraction of sp³-hybridized carbons (Fsp3) is 0.533. The number of rotatable bonds is 8. The Hall–Kier alpha value is -1.27. The summed E-state index contributed by atoms with van der Waals surface area (Å²) in [5, 5.41) is 0. The molecule has 0 aliphatic heterocycles. The van der Waals surface area contributed by atoms with Gasteiger partial charge in [-0.15, -0.1) is 0 Å². The Kier molecular flexibility index (Phi) is 7.53. The van der Waals surface area contributed by atoms with Gasteiger partial charge in [0, 0.05) is 12.5 Å². The SMILES string of the molecule is COC(=O)CCCOc1c(Br)cc(CC(C)N)cc1OC. The van der Waals surface area contributed by atoms with Crippen LogP contribution in [0.4, 0.5) is 0 Å². The van der Waals surface area contributed by atoms with Gasteiger partial charge in [-0.3, -0.25) is 4.79 Å². The lowest BCUT2D eigenvalue weighted by molar-refractivity contribution is -0.140. The quantitative estimate of drug-likeness (QED) is 0.570. The Balaban J connectivity index is 2.70. The van der Waals surface area contributed by atoms with Crippen LogP contribution in [0.1, 0.15) is 25.3 Å². The summed E-state index contributed by atoms with van der Waals surface area (Å²) in [6, 6.07) is 3.97. The first-order chi connectivity index (χ1) is 9.97. The summed E-state index contributed by atoms with van der Waals surface area (Å²) in [6.07, 6.45) is 1.68. The number of esters is 1. The predicted molar refractivity (Wildman–Crippen MR) is 84.8 cm³/mol. The first-order valence-corrected chi connectivity index (χ1v) is 7.58. The summed E-state index contributed by atoms with van der Waals surface area (Å²) in [5.74, 6) is 1.05. The molecule has 0 aliphatic rings. The van der Waals surface area contributed by atoms with E-state index in [0.29, 0.717) is 30.9 Å². The number of hydrogen-bond donors (Lipinski definition) is 1. The summed E-state index contributed by atoms with van der Waals surface area (Å²) in [4.78, 5) is 11.0. The fourth-order valence-electron chi connectivity index (χ4n) is 1.90. The van der Waals surface area contributed by atoms with Gasteiger partial charge in [0.05, 0.1) is 25.3 Å². The van der Waals surface area contributed by atoms with E-state index in [1.54, 1.807) is 7.11 Å². The third-order valence-electron chi connectivity index (χ3n) is 2.85. The maximum atomic E-state index is 11.0. The van der Waals surface area contributed by atoms with Crippen molar-refractivity contribution in [1.82, 2.24) is 0 Å². The average Bonchev–Trinajstić information content (AvgIpc) is 2.43. The second-order valence-electron chi connectivity index (χ2n) is 4.82. The zero-order valence-electron chi connectivity index (χ0n) is 12.6. The molecule has 0 fully saturated rings. The lowest BCUT2D eigenvalue weighted by Gasteiger charge is -2.15. The molecule has 0 amide bonds. The van der Waals surface area contributed by atoms with Gasteiger partial charge in [0.2, 0.25) is 0 Å². The van der Waals surface area contributed by atoms with E-state index < -0.39 is 0 Å². The molecule has 2 N–H and O–H groups in total. The highest BCUT2D eigenvalue weighted by Gasteiger charge is 2.13. The van der Waals surface area contributed by atoms with Crippen molar-refractivity contribution in [2.24, 2.45) is 5.73 Å². The van der Waals surface area contributed by atoms with Crippen molar-refractivity contribution in [3.05, 3.63) is 22.2 Å². The summed E-state index contributed by atoms with van der Waals surface area (Å²) in [7, 11) is 2.97. The molecular formula is C15H22BrNO4. The van der Waals surface area contributed by atoms with E-state index in [2.05, 4.69) is 20.7 Å². The second-order valence-corrected chi connectivity index (χ2v) is 5.67. The van der Waals surface area contributed by atoms with Gasteiger partial charge in [0.25, 0.3) is 0 Å².